The molecule has 1 aromatic carbocycles. The van der Waals surface area contributed by atoms with Crippen LogP contribution in [0.3, 0.4) is 0 Å². The number of halogens is 1. The molecule has 1 aromatic heterocycles. The molecule has 4 heteroatoms. The van der Waals surface area contributed by atoms with Crippen LogP contribution in [0.25, 0.3) is 10.4 Å². The summed E-state index contributed by atoms with van der Waals surface area (Å²) in [7, 11) is 0. The maximum absolute atomic E-state index is 14.1. The van der Waals surface area contributed by atoms with Crippen molar-refractivity contribution >= 4 is 17.3 Å². The van der Waals surface area contributed by atoms with Gasteiger partial charge in [0.05, 0.1) is 0 Å². The van der Waals surface area contributed by atoms with Crippen LogP contribution in [0.1, 0.15) is 38.0 Å². The molecule has 0 aliphatic rings. The Bertz CT molecular complexity index is 688. The van der Waals surface area contributed by atoms with Crippen LogP contribution in [0.5, 0.6) is 5.75 Å². The molecule has 0 aliphatic heterocycles. The second-order valence-electron chi connectivity index (χ2n) is 5.29. The number of carbonyl (C=O) groups excluding carboxylic acids is 1. The minimum absolute atomic E-state index is 0.0448. The topological polar surface area (TPSA) is 26.3 Å². The monoisotopic (exact) mass is 332 g/mol. The molecule has 1 heterocycles. The summed E-state index contributed by atoms with van der Waals surface area (Å²) in [4.78, 5) is 13.7. The maximum atomic E-state index is 14.1. The van der Waals surface area contributed by atoms with E-state index in [1.807, 2.05) is 6.07 Å². The zero-order chi connectivity index (χ0) is 16.7. The van der Waals surface area contributed by atoms with Crippen LogP contribution in [-0.4, -0.2) is 5.97 Å². The molecular weight excluding hydrogens is 311 g/mol. The maximum Gasteiger partial charge on any atom is 0.335 e. The van der Waals surface area contributed by atoms with Gasteiger partial charge in [0, 0.05) is 15.8 Å². The molecular formula is C19H21FO2S. The Hall–Kier alpha value is -1.94. The molecule has 0 saturated carbocycles. The number of carbonyl (C=O) groups is 1. The van der Waals surface area contributed by atoms with Crippen molar-refractivity contribution in [3.05, 3.63) is 53.2 Å². The Balaban J connectivity index is 2.09. The van der Waals surface area contributed by atoms with E-state index in [-0.39, 0.29) is 5.75 Å². The number of unbranched alkanes of at least 4 members (excludes halogenated alkanes) is 2. The van der Waals surface area contributed by atoms with E-state index in [0.29, 0.717) is 0 Å². The fourth-order valence-corrected chi connectivity index (χ4v) is 3.28. The number of rotatable bonds is 7. The number of benzene rings is 1. The van der Waals surface area contributed by atoms with Crippen LogP contribution >= 0.6 is 11.3 Å². The molecule has 0 radical (unpaired) electrons. The number of thiophene rings is 1. The van der Waals surface area contributed by atoms with Gasteiger partial charge in [-0.25, -0.2) is 9.18 Å². The number of ether oxygens (including phenoxy) is 1. The van der Waals surface area contributed by atoms with Gasteiger partial charge in [-0.15, -0.1) is 11.3 Å². The zero-order valence-electron chi connectivity index (χ0n) is 13.5. The molecule has 0 amide bonds. The third-order valence-corrected chi connectivity index (χ3v) is 4.61. The average Bonchev–Trinajstić information content (AvgIpc) is 2.99. The number of hydrogen-bond acceptors (Lipinski definition) is 3. The smallest absolute Gasteiger partial charge is 0.335 e. The van der Waals surface area contributed by atoms with Gasteiger partial charge < -0.3 is 4.74 Å². The van der Waals surface area contributed by atoms with Crippen molar-refractivity contribution in [1.29, 1.82) is 0 Å². The Morgan fingerprint density at radius 1 is 1.26 bits per heavy atom. The SMILES string of the molecule is C/C=C/C(=O)Oc1ccc(-c2ccc(CCCCC)s2)cc1F. The standard InChI is InChI=1S/C19H21FO2S/c1-3-5-6-8-15-10-12-18(23-15)14-9-11-17(16(20)13-14)22-19(21)7-4-2/h4,7,9-13H,3,5-6,8H2,1-2H3/b7-4+. The van der Waals surface area contributed by atoms with E-state index in [1.54, 1.807) is 30.4 Å². The van der Waals surface area contributed by atoms with Crippen LogP contribution in [0.2, 0.25) is 0 Å². The first-order valence-corrected chi connectivity index (χ1v) is 8.68. The lowest BCUT2D eigenvalue weighted by Gasteiger charge is -2.05. The number of hydrogen-bond donors (Lipinski definition) is 0. The minimum atomic E-state index is -0.575. The van der Waals surface area contributed by atoms with Crippen molar-refractivity contribution in [2.45, 2.75) is 39.5 Å². The van der Waals surface area contributed by atoms with Crippen LogP contribution in [0.4, 0.5) is 4.39 Å². The van der Waals surface area contributed by atoms with Gasteiger partial charge in [-0.1, -0.05) is 25.8 Å². The molecule has 0 bridgehead atoms. The van der Waals surface area contributed by atoms with E-state index in [2.05, 4.69) is 13.0 Å². The highest BCUT2D eigenvalue weighted by atomic mass is 32.1. The van der Waals surface area contributed by atoms with Crippen LogP contribution in [0, 0.1) is 5.82 Å². The summed E-state index contributed by atoms with van der Waals surface area (Å²) in [6, 6.07) is 8.82. The molecule has 0 spiro atoms. The summed E-state index contributed by atoms with van der Waals surface area (Å²) in [6.07, 6.45) is 7.51. The van der Waals surface area contributed by atoms with Crippen molar-refractivity contribution in [2.75, 3.05) is 0 Å². The van der Waals surface area contributed by atoms with Crippen LogP contribution in [0.15, 0.2) is 42.5 Å². The third kappa shape index (κ3) is 5.03. The second-order valence-corrected chi connectivity index (χ2v) is 6.46. The van der Waals surface area contributed by atoms with E-state index in [0.717, 1.165) is 16.9 Å². The molecule has 0 saturated heterocycles. The van der Waals surface area contributed by atoms with Gasteiger partial charge >= 0.3 is 5.97 Å². The summed E-state index contributed by atoms with van der Waals surface area (Å²) in [6.45, 7) is 3.89. The van der Waals surface area contributed by atoms with E-state index >= 15 is 0 Å². The summed E-state index contributed by atoms with van der Waals surface area (Å²) < 4.78 is 19.0. The number of allylic oxidation sites excluding steroid dienone is 1. The highest BCUT2D eigenvalue weighted by molar-refractivity contribution is 7.15. The van der Waals surface area contributed by atoms with Gasteiger partial charge in [0.15, 0.2) is 11.6 Å². The Morgan fingerprint density at radius 2 is 2.09 bits per heavy atom. The van der Waals surface area contributed by atoms with Crippen molar-refractivity contribution in [3.63, 3.8) is 0 Å². The Morgan fingerprint density at radius 3 is 2.78 bits per heavy atom. The van der Waals surface area contributed by atoms with E-state index in [1.165, 1.54) is 42.3 Å². The molecule has 2 aromatic rings. The highest BCUT2D eigenvalue weighted by Crippen LogP contribution is 2.31. The Kier molecular flexibility index (Phi) is 6.53. The summed E-state index contributed by atoms with van der Waals surface area (Å²) in [5.41, 5.74) is 0.806. The molecule has 2 rings (SSSR count). The van der Waals surface area contributed by atoms with Gasteiger partial charge in [-0.2, -0.15) is 0 Å². The summed E-state index contributed by atoms with van der Waals surface area (Å²) >= 11 is 1.69. The quantitative estimate of drug-likeness (QED) is 0.278. The summed E-state index contributed by atoms with van der Waals surface area (Å²) in [5.74, 6) is -1.15. The predicted molar refractivity (Wildman–Crippen MR) is 93.4 cm³/mol. The first kappa shape index (κ1) is 17.4. The molecule has 0 atom stereocenters. The second kappa shape index (κ2) is 8.63. The fourth-order valence-electron chi connectivity index (χ4n) is 2.23. The minimum Gasteiger partial charge on any atom is -0.420 e. The molecule has 122 valence electrons. The van der Waals surface area contributed by atoms with Crippen LogP contribution in [-0.2, 0) is 11.2 Å². The molecule has 2 nitrogen and oxygen atoms in total. The molecule has 0 N–H and O–H groups in total. The largest absolute Gasteiger partial charge is 0.420 e. The van der Waals surface area contributed by atoms with Gasteiger partial charge in [0.1, 0.15) is 0 Å². The fraction of sp³-hybridized carbons (Fsp3) is 0.316. The first-order valence-electron chi connectivity index (χ1n) is 7.87. The van der Waals surface area contributed by atoms with Gasteiger partial charge in [0.25, 0.3) is 0 Å². The van der Waals surface area contributed by atoms with Gasteiger partial charge in [-0.05, 0) is 55.7 Å². The lowest BCUT2D eigenvalue weighted by Crippen LogP contribution is -2.05. The zero-order valence-corrected chi connectivity index (χ0v) is 14.3. The molecule has 0 fully saturated rings. The molecule has 0 unspecified atom stereocenters. The Labute approximate surface area is 140 Å². The van der Waals surface area contributed by atoms with Crippen LogP contribution < -0.4 is 4.74 Å². The summed E-state index contributed by atoms with van der Waals surface area (Å²) in [5, 5.41) is 0. The molecule has 0 aliphatic carbocycles. The van der Waals surface area contributed by atoms with Crippen molar-refractivity contribution in [1.82, 2.24) is 0 Å². The van der Waals surface area contributed by atoms with Crippen molar-refractivity contribution in [2.24, 2.45) is 0 Å². The lowest BCUT2D eigenvalue weighted by molar-refractivity contribution is -0.129. The lowest BCUT2D eigenvalue weighted by atomic mass is 10.1. The van der Waals surface area contributed by atoms with E-state index < -0.39 is 11.8 Å². The molecule has 23 heavy (non-hydrogen) atoms. The third-order valence-electron chi connectivity index (χ3n) is 3.42. The van der Waals surface area contributed by atoms with Crippen molar-refractivity contribution in [3.8, 4) is 16.2 Å². The highest BCUT2D eigenvalue weighted by Gasteiger charge is 2.10. The van der Waals surface area contributed by atoms with Gasteiger partial charge in [-0.3, -0.25) is 0 Å². The van der Waals surface area contributed by atoms with Crippen molar-refractivity contribution < 1.29 is 13.9 Å². The average molecular weight is 332 g/mol. The normalized spacial score (nSPS) is 11.1. The van der Waals surface area contributed by atoms with E-state index in [4.69, 9.17) is 4.74 Å². The predicted octanol–water partition coefficient (Wildman–Crippen LogP) is 5.77. The number of esters is 1. The van der Waals surface area contributed by atoms with Gasteiger partial charge in [0.2, 0.25) is 0 Å². The van der Waals surface area contributed by atoms with E-state index in [9.17, 15) is 9.18 Å². The number of aryl methyl sites for hydroxylation is 1. The first-order chi connectivity index (χ1) is 11.1.